The Kier molecular flexibility index (Phi) is 3.11. The highest BCUT2D eigenvalue weighted by atomic mass is 35.5. The molecule has 2 heterocycles. The molecule has 0 amide bonds. The maximum atomic E-state index is 6.26. The monoisotopic (exact) mass is 308 g/mol. The van der Waals surface area contributed by atoms with Crippen molar-refractivity contribution in [3.8, 4) is 22.5 Å². The van der Waals surface area contributed by atoms with E-state index in [4.69, 9.17) is 28.9 Å². The van der Waals surface area contributed by atoms with Gasteiger partial charge in [0.25, 0.3) is 0 Å². The van der Waals surface area contributed by atoms with Crippen molar-refractivity contribution in [1.82, 2.24) is 25.2 Å². The number of nitrogen functional groups attached to an aromatic ring is 1. The third-order valence-corrected chi connectivity index (χ3v) is 3.59. The first-order valence-electron chi connectivity index (χ1n) is 5.72. The minimum Gasteiger partial charge on any atom is -0.383 e. The first-order chi connectivity index (χ1) is 9.59. The van der Waals surface area contributed by atoms with E-state index < -0.39 is 0 Å². The van der Waals surface area contributed by atoms with E-state index in [2.05, 4.69) is 20.5 Å². The Morgan fingerprint density at radius 1 is 1.20 bits per heavy atom. The molecule has 0 bridgehead atoms. The van der Waals surface area contributed by atoms with Crippen molar-refractivity contribution < 1.29 is 0 Å². The van der Waals surface area contributed by atoms with Crippen LogP contribution in [-0.4, -0.2) is 25.2 Å². The van der Waals surface area contributed by atoms with Gasteiger partial charge in [-0.3, -0.25) is 4.68 Å². The summed E-state index contributed by atoms with van der Waals surface area (Å²) in [6, 6.07) is 5.28. The minimum absolute atomic E-state index is 0.456. The van der Waals surface area contributed by atoms with Crippen LogP contribution in [0.25, 0.3) is 22.5 Å². The molecule has 3 aromatic rings. The third-order valence-electron chi connectivity index (χ3n) is 2.96. The Hall–Kier alpha value is -2.05. The van der Waals surface area contributed by atoms with Crippen molar-refractivity contribution in [2.45, 2.75) is 0 Å². The molecule has 0 radical (unpaired) electrons. The summed E-state index contributed by atoms with van der Waals surface area (Å²) >= 11 is 12.5. The smallest absolute Gasteiger partial charge is 0.133 e. The van der Waals surface area contributed by atoms with E-state index in [9.17, 15) is 0 Å². The second-order valence-corrected chi connectivity index (χ2v) is 5.00. The molecule has 8 heteroatoms. The predicted octanol–water partition coefficient (Wildman–Crippen LogP) is 2.76. The van der Waals surface area contributed by atoms with Crippen molar-refractivity contribution in [3.05, 3.63) is 34.4 Å². The molecule has 0 spiro atoms. The van der Waals surface area contributed by atoms with E-state index in [1.165, 1.54) is 0 Å². The molecule has 3 rings (SSSR count). The number of H-pyrrole nitrogens is 1. The maximum Gasteiger partial charge on any atom is 0.133 e. The van der Waals surface area contributed by atoms with E-state index in [1.54, 1.807) is 36.1 Å². The van der Waals surface area contributed by atoms with Gasteiger partial charge in [-0.1, -0.05) is 29.3 Å². The fraction of sp³-hybridized carbons (Fsp3) is 0.0833. The molecule has 0 saturated heterocycles. The molecule has 102 valence electrons. The zero-order chi connectivity index (χ0) is 14.3. The van der Waals surface area contributed by atoms with Crippen molar-refractivity contribution in [2.24, 2.45) is 7.05 Å². The standard InChI is InChI=1S/C12H10Cl2N6/c1-20-12(15)10(9-6(13)3-2-4-7(9)14)11(18-20)8-5-16-19-17-8/h2-5H,15H2,1H3,(H,16,17,19). The molecule has 0 unspecified atom stereocenters. The lowest BCUT2D eigenvalue weighted by molar-refractivity contribution is 0.781. The van der Waals surface area contributed by atoms with E-state index in [0.29, 0.717) is 38.4 Å². The third kappa shape index (κ3) is 1.93. The highest BCUT2D eigenvalue weighted by Gasteiger charge is 2.22. The van der Waals surface area contributed by atoms with Crippen LogP contribution in [0.1, 0.15) is 0 Å². The largest absolute Gasteiger partial charge is 0.383 e. The van der Waals surface area contributed by atoms with Gasteiger partial charge in [-0.2, -0.15) is 20.5 Å². The summed E-state index contributed by atoms with van der Waals surface area (Å²) in [5.41, 5.74) is 8.54. The Morgan fingerprint density at radius 2 is 1.90 bits per heavy atom. The van der Waals surface area contributed by atoms with Gasteiger partial charge in [-0.25, -0.2) is 0 Å². The normalized spacial score (nSPS) is 10.9. The average molecular weight is 309 g/mol. The Bertz CT molecular complexity index is 742. The van der Waals surface area contributed by atoms with E-state index >= 15 is 0 Å². The van der Waals surface area contributed by atoms with Gasteiger partial charge in [-0.15, -0.1) is 0 Å². The lowest BCUT2D eigenvalue weighted by atomic mass is 10.0. The van der Waals surface area contributed by atoms with Gasteiger partial charge in [-0.05, 0) is 12.1 Å². The number of aromatic amines is 1. The van der Waals surface area contributed by atoms with Crippen molar-refractivity contribution in [1.29, 1.82) is 0 Å². The van der Waals surface area contributed by atoms with Crippen LogP contribution in [0.5, 0.6) is 0 Å². The van der Waals surface area contributed by atoms with E-state index in [-0.39, 0.29) is 0 Å². The first-order valence-corrected chi connectivity index (χ1v) is 6.48. The molecule has 6 nitrogen and oxygen atoms in total. The summed E-state index contributed by atoms with van der Waals surface area (Å²) in [7, 11) is 1.74. The number of nitrogens with zero attached hydrogens (tertiary/aromatic N) is 4. The number of halogens is 2. The topological polar surface area (TPSA) is 85.4 Å². The second kappa shape index (κ2) is 4.81. The minimum atomic E-state index is 0.456. The number of anilines is 1. The van der Waals surface area contributed by atoms with Gasteiger partial charge in [0.1, 0.15) is 17.2 Å². The molecular formula is C12H10Cl2N6. The van der Waals surface area contributed by atoms with Crippen LogP contribution in [0.2, 0.25) is 10.0 Å². The highest BCUT2D eigenvalue weighted by molar-refractivity contribution is 6.39. The fourth-order valence-corrected chi connectivity index (χ4v) is 2.60. The number of nitrogens with two attached hydrogens (primary N) is 1. The Morgan fingerprint density at radius 3 is 2.50 bits per heavy atom. The first kappa shape index (κ1) is 13.0. The number of hydrogen-bond acceptors (Lipinski definition) is 4. The van der Waals surface area contributed by atoms with Crippen LogP contribution in [-0.2, 0) is 7.05 Å². The van der Waals surface area contributed by atoms with Crippen LogP contribution in [0.3, 0.4) is 0 Å². The molecule has 0 aliphatic heterocycles. The van der Waals surface area contributed by atoms with Crippen LogP contribution in [0.15, 0.2) is 24.4 Å². The van der Waals surface area contributed by atoms with Crippen molar-refractivity contribution in [3.63, 3.8) is 0 Å². The summed E-state index contributed by atoms with van der Waals surface area (Å²) < 4.78 is 1.55. The summed E-state index contributed by atoms with van der Waals surface area (Å²) in [6.45, 7) is 0. The molecule has 0 aliphatic rings. The number of aryl methyl sites for hydroxylation is 1. The highest BCUT2D eigenvalue weighted by Crippen LogP contribution is 2.42. The lowest BCUT2D eigenvalue weighted by Crippen LogP contribution is -1.98. The lowest BCUT2D eigenvalue weighted by Gasteiger charge is -2.07. The molecule has 1 aromatic carbocycles. The van der Waals surface area contributed by atoms with Gasteiger partial charge in [0.05, 0.1) is 21.8 Å². The number of aromatic nitrogens is 5. The fourth-order valence-electron chi connectivity index (χ4n) is 2.02. The van der Waals surface area contributed by atoms with Crippen LogP contribution < -0.4 is 5.73 Å². The summed E-state index contributed by atoms with van der Waals surface area (Å²) in [6.07, 6.45) is 1.57. The molecule has 0 fully saturated rings. The number of rotatable bonds is 2. The van der Waals surface area contributed by atoms with Gasteiger partial charge in [0, 0.05) is 12.6 Å². The van der Waals surface area contributed by atoms with Crippen molar-refractivity contribution in [2.75, 3.05) is 5.73 Å². The van der Waals surface area contributed by atoms with Gasteiger partial charge in [0.2, 0.25) is 0 Å². The predicted molar refractivity (Wildman–Crippen MR) is 78.5 cm³/mol. The zero-order valence-electron chi connectivity index (χ0n) is 10.4. The van der Waals surface area contributed by atoms with E-state index in [1.807, 2.05) is 0 Å². The molecule has 0 aliphatic carbocycles. The van der Waals surface area contributed by atoms with E-state index in [0.717, 1.165) is 0 Å². The van der Waals surface area contributed by atoms with Gasteiger partial charge in [0.15, 0.2) is 0 Å². The Labute approximate surface area is 124 Å². The number of nitrogens with one attached hydrogen (secondary N) is 1. The average Bonchev–Trinajstić information content (AvgIpc) is 3.01. The number of benzene rings is 1. The van der Waals surface area contributed by atoms with Crippen LogP contribution in [0.4, 0.5) is 5.82 Å². The summed E-state index contributed by atoms with van der Waals surface area (Å²) in [5.74, 6) is 0.456. The maximum absolute atomic E-state index is 6.26. The molecule has 3 N–H and O–H groups in total. The molecule has 20 heavy (non-hydrogen) atoms. The van der Waals surface area contributed by atoms with Crippen LogP contribution in [0, 0.1) is 0 Å². The molecular weight excluding hydrogens is 299 g/mol. The molecule has 0 atom stereocenters. The molecule has 2 aromatic heterocycles. The van der Waals surface area contributed by atoms with Crippen molar-refractivity contribution >= 4 is 29.0 Å². The second-order valence-electron chi connectivity index (χ2n) is 4.18. The van der Waals surface area contributed by atoms with Gasteiger partial charge >= 0.3 is 0 Å². The summed E-state index contributed by atoms with van der Waals surface area (Å²) in [4.78, 5) is 0. The Balaban J connectivity index is 2.34. The molecule has 0 saturated carbocycles. The SMILES string of the molecule is Cn1nc(-c2cn[nH]n2)c(-c2c(Cl)cccc2Cl)c1N. The van der Waals surface area contributed by atoms with Gasteiger partial charge < -0.3 is 5.73 Å². The quantitative estimate of drug-likeness (QED) is 0.762. The summed E-state index contributed by atoms with van der Waals surface area (Å²) in [5, 5.41) is 15.7. The number of hydrogen-bond donors (Lipinski definition) is 2. The zero-order valence-corrected chi connectivity index (χ0v) is 11.9. The van der Waals surface area contributed by atoms with Crippen LogP contribution >= 0.6 is 23.2 Å².